The highest BCUT2D eigenvalue weighted by Gasteiger charge is 2.38. The third kappa shape index (κ3) is 5.33. The maximum atomic E-state index is 13.1. The molecule has 10 heteroatoms. The molecule has 9 nitrogen and oxygen atoms in total. The van der Waals surface area contributed by atoms with Crippen LogP contribution in [0.3, 0.4) is 0 Å². The molecule has 1 aromatic heterocycles. The number of nitrogens with zero attached hydrogens (tertiary/aromatic N) is 2. The summed E-state index contributed by atoms with van der Waals surface area (Å²) in [7, 11) is -4.40. The number of ketones is 1. The predicted octanol–water partition coefficient (Wildman–Crippen LogP) is 0.169. The van der Waals surface area contributed by atoms with Gasteiger partial charge in [0.15, 0.2) is 17.0 Å². The molecule has 0 spiro atoms. The molecule has 1 saturated heterocycles. The van der Waals surface area contributed by atoms with Crippen LogP contribution in [0.5, 0.6) is 0 Å². The average molecular weight is 398 g/mol. The Balaban J connectivity index is 2.36. The smallest absolute Gasteiger partial charge is 0.262 e. The molecule has 2 amide bonds. The molecule has 0 aliphatic carbocycles. The number of rotatable bonds is 7. The molecule has 0 radical (unpaired) electrons. The van der Waals surface area contributed by atoms with Gasteiger partial charge in [-0.05, 0) is 31.4 Å². The van der Waals surface area contributed by atoms with E-state index in [-0.39, 0.29) is 37.3 Å². The Kier molecular flexibility index (Phi) is 6.05. The van der Waals surface area contributed by atoms with Crippen molar-refractivity contribution >= 4 is 27.6 Å². The molecular weight excluding hydrogens is 372 g/mol. The van der Waals surface area contributed by atoms with Crippen LogP contribution in [0, 0.1) is 5.92 Å². The zero-order valence-electron chi connectivity index (χ0n) is 16.9. The van der Waals surface area contributed by atoms with Crippen LogP contribution in [0.4, 0.5) is 0 Å². The van der Waals surface area contributed by atoms with Gasteiger partial charge in [0.05, 0.1) is 1.37 Å². The number of amides is 2. The zero-order chi connectivity index (χ0) is 21.8. The van der Waals surface area contributed by atoms with Gasteiger partial charge in [0.1, 0.15) is 0 Å². The van der Waals surface area contributed by atoms with E-state index in [4.69, 9.17) is 8.48 Å². The summed E-state index contributed by atoms with van der Waals surface area (Å²) in [6.07, 6.45) is -2.73. The SMILES string of the molecule is [2H]C1CCCN(S(=O)(=O)c2ccccn2)[C@]([2H])(NC(=O)CCC(C)C(N)=O)C1=O. The van der Waals surface area contributed by atoms with Crippen molar-refractivity contribution in [1.82, 2.24) is 14.6 Å². The van der Waals surface area contributed by atoms with Gasteiger partial charge in [0.2, 0.25) is 11.8 Å². The van der Waals surface area contributed by atoms with E-state index in [9.17, 15) is 22.8 Å². The van der Waals surface area contributed by atoms with Gasteiger partial charge in [-0.1, -0.05) is 13.0 Å². The van der Waals surface area contributed by atoms with E-state index in [1.54, 1.807) is 0 Å². The summed E-state index contributed by atoms with van der Waals surface area (Å²) in [5.74, 6) is -3.05. The maximum absolute atomic E-state index is 13.1. The molecule has 2 unspecified atom stereocenters. The average Bonchev–Trinajstić information content (AvgIpc) is 2.78. The highest BCUT2D eigenvalue weighted by atomic mass is 32.2. The lowest BCUT2D eigenvalue weighted by atomic mass is 10.0. The Labute approximate surface area is 161 Å². The molecule has 3 atom stereocenters. The first kappa shape index (κ1) is 18.1. The van der Waals surface area contributed by atoms with E-state index in [1.807, 2.05) is 0 Å². The Hall–Kier alpha value is -2.33. The largest absolute Gasteiger partial charge is 0.369 e. The van der Waals surface area contributed by atoms with Gasteiger partial charge in [0.25, 0.3) is 10.0 Å². The Morgan fingerprint density at radius 3 is 2.85 bits per heavy atom. The lowest BCUT2D eigenvalue weighted by Crippen LogP contribution is -2.54. The molecule has 1 fully saturated rings. The van der Waals surface area contributed by atoms with Crippen molar-refractivity contribution in [1.29, 1.82) is 0 Å². The van der Waals surface area contributed by atoms with Crippen LogP contribution in [-0.4, -0.2) is 48.0 Å². The summed E-state index contributed by atoms with van der Waals surface area (Å²) in [6, 6.07) is 4.18. The number of carbonyl (C=O) groups is 3. The van der Waals surface area contributed by atoms with Crippen molar-refractivity contribution in [2.24, 2.45) is 11.7 Å². The van der Waals surface area contributed by atoms with Crippen LogP contribution >= 0.6 is 0 Å². The molecule has 3 N–H and O–H groups in total. The van der Waals surface area contributed by atoms with E-state index in [0.29, 0.717) is 4.31 Å². The van der Waals surface area contributed by atoms with Crippen molar-refractivity contribution in [2.75, 3.05) is 6.54 Å². The topological polar surface area (TPSA) is 140 Å². The predicted molar refractivity (Wildman–Crippen MR) is 96.5 cm³/mol. The second-order valence-electron chi connectivity index (χ2n) is 6.19. The second kappa shape index (κ2) is 9.05. The van der Waals surface area contributed by atoms with Gasteiger partial charge in [-0.2, -0.15) is 4.31 Å². The number of carbonyl (C=O) groups excluding carboxylic acids is 3. The summed E-state index contributed by atoms with van der Waals surface area (Å²) in [6.45, 7) is 1.29. The number of Topliss-reactive ketones (excluding diaryl/α,β-unsaturated/α-hetero) is 1. The number of primary amides is 1. The number of hydrogen-bond donors (Lipinski definition) is 2. The van der Waals surface area contributed by atoms with Crippen molar-refractivity contribution in [3.63, 3.8) is 0 Å². The Bertz CT molecular complexity index is 883. The fourth-order valence-electron chi connectivity index (χ4n) is 2.46. The van der Waals surface area contributed by atoms with E-state index in [0.717, 1.165) is 0 Å². The lowest BCUT2D eigenvalue weighted by Gasteiger charge is -2.28. The third-order valence-electron chi connectivity index (χ3n) is 4.12. The van der Waals surface area contributed by atoms with E-state index in [1.165, 1.54) is 31.3 Å². The van der Waals surface area contributed by atoms with Crippen molar-refractivity contribution in [3.8, 4) is 0 Å². The quantitative estimate of drug-likeness (QED) is 0.671. The minimum atomic E-state index is -4.40. The highest BCUT2D eigenvalue weighted by molar-refractivity contribution is 7.89. The molecular formula is C17H24N4O5S. The first-order chi connectivity index (χ1) is 13.5. The van der Waals surface area contributed by atoms with Crippen LogP contribution in [0.2, 0.25) is 0 Å². The standard InChI is InChI=1S/C17H24N4O5S/c1-12(16(18)24)8-9-14(23)20-17-13(22)6-3-5-11-21(17)27(25,26)15-7-2-4-10-19-15/h2,4,7,10,12,17H,3,5-6,8-9,11H2,1H3,(H2,18,24)(H,20,23)/t12?,17-/m0/s1/i6D,17D/t6?,12?,17-. The van der Waals surface area contributed by atoms with Gasteiger partial charge in [-0.15, -0.1) is 0 Å². The van der Waals surface area contributed by atoms with Crippen LogP contribution in [-0.2, 0) is 24.4 Å². The van der Waals surface area contributed by atoms with E-state index < -0.39 is 46.1 Å². The van der Waals surface area contributed by atoms with Gasteiger partial charge < -0.3 is 11.1 Å². The number of sulfonamides is 1. The fraction of sp³-hybridized carbons (Fsp3) is 0.529. The Morgan fingerprint density at radius 1 is 1.48 bits per heavy atom. The minimum absolute atomic E-state index is 0.0578. The van der Waals surface area contributed by atoms with Gasteiger partial charge >= 0.3 is 0 Å². The summed E-state index contributed by atoms with van der Waals surface area (Å²) in [5, 5.41) is 1.79. The summed E-state index contributed by atoms with van der Waals surface area (Å²) < 4.78 is 43.2. The number of aromatic nitrogens is 1. The van der Waals surface area contributed by atoms with Crippen molar-refractivity contribution in [2.45, 2.75) is 50.2 Å². The number of nitrogens with two attached hydrogens (primary N) is 1. The Morgan fingerprint density at radius 2 is 2.22 bits per heavy atom. The van der Waals surface area contributed by atoms with Crippen LogP contribution in [0.25, 0.3) is 0 Å². The molecule has 27 heavy (non-hydrogen) atoms. The third-order valence-corrected chi connectivity index (χ3v) is 5.83. The van der Waals surface area contributed by atoms with Crippen LogP contribution < -0.4 is 11.1 Å². The minimum Gasteiger partial charge on any atom is -0.369 e. The second-order valence-corrected chi connectivity index (χ2v) is 8.00. The molecule has 148 valence electrons. The first-order valence-electron chi connectivity index (χ1n) is 9.58. The van der Waals surface area contributed by atoms with Crippen LogP contribution in [0.15, 0.2) is 29.4 Å². The molecule has 0 aromatic carbocycles. The van der Waals surface area contributed by atoms with Crippen molar-refractivity contribution < 1.29 is 25.5 Å². The van der Waals surface area contributed by atoms with Crippen LogP contribution in [0.1, 0.15) is 41.7 Å². The van der Waals surface area contributed by atoms with E-state index >= 15 is 0 Å². The molecule has 0 saturated carbocycles. The monoisotopic (exact) mass is 398 g/mol. The molecule has 1 aliphatic rings. The zero-order valence-corrected chi connectivity index (χ0v) is 15.7. The summed E-state index contributed by atoms with van der Waals surface area (Å²) in [5.41, 5.74) is 5.16. The highest BCUT2D eigenvalue weighted by Crippen LogP contribution is 2.21. The van der Waals surface area contributed by atoms with Gasteiger partial charge in [0, 0.05) is 32.8 Å². The van der Waals surface area contributed by atoms with Crippen molar-refractivity contribution in [3.05, 3.63) is 24.4 Å². The maximum Gasteiger partial charge on any atom is 0.262 e. The normalized spacial score (nSPS) is 26.4. The number of nitrogens with one attached hydrogen (secondary N) is 1. The molecule has 1 aliphatic heterocycles. The molecule has 2 heterocycles. The lowest BCUT2D eigenvalue weighted by molar-refractivity contribution is -0.130. The molecule has 1 aromatic rings. The van der Waals surface area contributed by atoms with E-state index in [2.05, 4.69) is 10.3 Å². The van der Waals surface area contributed by atoms with Gasteiger partial charge in [-0.25, -0.2) is 13.4 Å². The fourth-order valence-corrected chi connectivity index (χ4v) is 3.88. The summed E-state index contributed by atoms with van der Waals surface area (Å²) >= 11 is 0. The first-order valence-corrected chi connectivity index (χ1v) is 9.95. The summed E-state index contributed by atoms with van der Waals surface area (Å²) in [4.78, 5) is 40.0. The van der Waals surface area contributed by atoms with Gasteiger partial charge in [-0.3, -0.25) is 14.4 Å². The number of hydrogen-bond acceptors (Lipinski definition) is 6. The molecule has 2 rings (SSSR count). The molecule has 0 bridgehead atoms. The number of pyridine rings is 1.